The summed E-state index contributed by atoms with van der Waals surface area (Å²) in [6.07, 6.45) is 1.02. The van der Waals surface area contributed by atoms with Crippen LogP contribution in [0.15, 0.2) is 47.4 Å². The predicted octanol–water partition coefficient (Wildman–Crippen LogP) is 4.28. The summed E-state index contributed by atoms with van der Waals surface area (Å²) in [4.78, 5) is 1.13. The summed E-state index contributed by atoms with van der Waals surface area (Å²) in [6, 6.07) is 14.3. The predicted molar refractivity (Wildman–Crippen MR) is 95.6 cm³/mol. The molecule has 2 aromatic carbocycles. The van der Waals surface area contributed by atoms with Gasteiger partial charge in [-0.15, -0.1) is 11.8 Å². The third-order valence-electron chi connectivity index (χ3n) is 3.44. The molecule has 0 heterocycles. The van der Waals surface area contributed by atoms with Gasteiger partial charge in [0.05, 0.1) is 11.6 Å². The molecule has 0 aliphatic rings. The molecular weight excluding hydrogens is 314 g/mol. The molecule has 2 rings (SSSR count). The number of nitrogens with one attached hydrogen (secondary N) is 1. The maximum Gasteiger partial charge on any atom is 0.0681 e. The van der Waals surface area contributed by atoms with Crippen molar-refractivity contribution in [2.75, 3.05) is 13.1 Å². The molecule has 0 aliphatic heterocycles. The number of benzene rings is 2. The van der Waals surface area contributed by atoms with Crippen LogP contribution in [-0.2, 0) is 18.8 Å². The Kier molecular flexibility index (Phi) is 7.26. The lowest BCUT2D eigenvalue weighted by molar-refractivity contribution is 0.282. The van der Waals surface area contributed by atoms with E-state index in [1.807, 2.05) is 18.2 Å². The van der Waals surface area contributed by atoms with E-state index in [1.165, 1.54) is 11.1 Å². The molecule has 2 N–H and O–H groups in total. The first-order valence-electron chi connectivity index (χ1n) is 7.53. The first-order valence-corrected chi connectivity index (χ1v) is 8.90. The number of hydrogen-bond acceptors (Lipinski definition) is 3. The van der Waals surface area contributed by atoms with Crippen molar-refractivity contribution in [2.24, 2.45) is 0 Å². The summed E-state index contributed by atoms with van der Waals surface area (Å²) >= 11 is 8.05. The van der Waals surface area contributed by atoms with E-state index < -0.39 is 0 Å². The van der Waals surface area contributed by atoms with Crippen LogP contribution in [0.3, 0.4) is 0 Å². The quantitative estimate of drug-likeness (QED) is 0.558. The maximum atomic E-state index is 9.06. The smallest absolute Gasteiger partial charge is 0.0681 e. The molecule has 0 aromatic heterocycles. The zero-order chi connectivity index (χ0) is 15.8. The summed E-state index contributed by atoms with van der Waals surface area (Å²) in [5.74, 6) is 0.877. The summed E-state index contributed by atoms with van der Waals surface area (Å²) < 4.78 is 0. The monoisotopic (exact) mass is 335 g/mol. The second-order valence-electron chi connectivity index (χ2n) is 5.13. The van der Waals surface area contributed by atoms with Gasteiger partial charge in [-0.3, -0.25) is 0 Å². The van der Waals surface area contributed by atoms with E-state index in [2.05, 4.69) is 36.5 Å². The molecule has 0 unspecified atom stereocenters. The summed E-state index contributed by atoms with van der Waals surface area (Å²) in [7, 11) is 0. The molecule has 2 aromatic rings. The molecule has 118 valence electrons. The summed E-state index contributed by atoms with van der Waals surface area (Å²) in [5.41, 5.74) is 3.48. The summed E-state index contributed by atoms with van der Waals surface area (Å²) in [5, 5.41) is 13.2. The SMILES string of the molecule is CCNCCc1ccc(Cl)c(SCc2ccc(CO)cc2)c1. The third-order valence-corrected chi connectivity index (χ3v) is 5.00. The molecule has 0 radical (unpaired) electrons. The fourth-order valence-electron chi connectivity index (χ4n) is 2.13. The van der Waals surface area contributed by atoms with E-state index in [0.717, 1.165) is 40.7 Å². The van der Waals surface area contributed by atoms with Gasteiger partial charge in [-0.2, -0.15) is 0 Å². The minimum absolute atomic E-state index is 0.0904. The molecular formula is C18H22ClNOS. The van der Waals surface area contributed by atoms with Crippen molar-refractivity contribution in [3.8, 4) is 0 Å². The topological polar surface area (TPSA) is 32.3 Å². The molecule has 4 heteroatoms. The van der Waals surface area contributed by atoms with E-state index >= 15 is 0 Å². The van der Waals surface area contributed by atoms with Gasteiger partial charge in [0.25, 0.3) is 0 Å². The van der Waals surface area contributed by atoms with E-state index in [-0.39, 0.29) is 6.61 Å². The van der Waals surface area contributed by atoms with Gasteiger partial charge in [0.15, 0.2) is 0 Å². The zero-order valence-corrected chi connectivity index (χ0v) is 14.4. The van der Waals surface area contributed by atoms with Crippen LogP contribution < -0.4 is 5.32 Å². The Morgan fingerprint density at radius 3 is 2.41 bits per heavy atom. The van der Waals surface area contributed by atoms with Crippen LogP contribution in [0.25, 0.3) is 0 Å². The van der Waals surface area contributed by atoms with E-state index in [0.29, 0.717) is 0 Å². The van der Waals surface area contributed by atoms with Gasteiger partial charge < -0.3 is 10.4 Å². The summed E-state index contributed by atoms with van der Waals surface area (Å²) in [6.45, 7) is 4.20. The van der Waals surface area contributed by atoms with Gasteiger partial charge in [-0.25, -0.2) is 0 Å². The Morgan fingerprint density at radius 1 is 1.05 bits per heavy atom. The van der Waals surface area contributed by atoms with Gasteiger partial charge in [-0.1, -0.05) is 48.9 Å². The van der Waals surface area contributed by atoms with Crippen molar-refractivity contribution in [1.29, 1.82) is 0 Å². The zero-order valence-electron chi connectivity index (χ0n) is 12.8. The highest BCUT2D eigenvalue weighted by Gasteiger charge is 2.04. The van der Waals surface area contributed by atoms with Crippen molar-refractivity contribution in [1.82, 2.24) is 5.32 Å². The number of thioether (sulfide) groups is 1. The Balaban J connectivity index is 1.96. The van der Waals surface area contributed by atoms with Crippen LogP contribution in [0.4, 0.5) is 0 Å². The molecule has 0 bridgehead atoms. The standard InChI is InChI=1S/C18H22ClNOS/c1-2-20-10-9-14-7-8-17(19)18(11-14)22-13-16-5-3-15(12-21)4-6-16/h3-8,11,20-21H,2,9-10,12-13H2,1H3. The first kappa shape index (κ1) is 17.4. The fraction of sp³-hybridized carbons (Fsp3) is 0.333. The van der Waals surface area contributed by atoms with Crippen LogP contribution in [0.5, 0.6) is 0 Å². The molecule has 0 aliphatic carbocycles. The molecule has 0 amide bonds. The van der Waals surface area contributed by atoms with Gasteiger partial charge in [0, 0.05) is 10.6 Å². The maximum absolute atomic E-state index is 9.06. The highest BCUT2D eigenvalue weighted by molar-refractivity contribution is 7.98. The molecule has 0 spiro atoms. The Bertz CT molecular complexity index is 586. The number of aliphatic hydroxyl groups excluding tert-OH is 1. The van der Waals surface area contributed by atoms with E-state index in [9.17, 15) is 0 Å². The molecule has 2 nitrogen and oxygen atoms in total. The van der Waals surface area contributed by atoms with Crippen molar-refractivity contribution in [2.45, 2.75) is 30.6 Å². The van der Waals surface area contributed by atoms with E-state index in [1.54, 1.807) is 11.8 Å². The van der Waals surface area contributed by atoms with Crippen molar-refractivity contribution in [3.05, 3.63) is 64.2 Å². The minimum atomic E-state index is 0.0904. The van der Waals surface area contributed by atoms with Crippen molar-refractivity contribution < 1.29 is 5.11 Å². The first-order chi connectivity index (χ1) is 10.7. The van der Waals surface area contributed by atoms with Crippen LogP contribution >= 0.6 is 23.4 Å². The van der Waals surface area contributed by atoms with Crippen molar-refractivity contribution >= 4 is 23.4 Å². The van der Waals surface area contributed by atoms with E-state index in [4.69, 9.17) is 16.7 Å². The Labute approximate surface area is 141 Å². The highest BCUT2D eigenvalue weighted by atomic mass is 35.5. The number of aliphatic hydroxyl groups is 1. The van der Waals surface area contributed by atoms with Crippen LogP contribution in [-0.4, -0.2) is 18.2 Å². The highest BCUT2D eigenvalue weighted by Crippen LogP contribution is 2.30. The average Bonchev–Trinajstić information content (AvgIpc) is 2.56. The lowest BCUT2D eigenvalue weighted by Gasteiger charge is -2.08. The number of likely N-dealkylation sites (N-methyl/N-ethyl adjacent to an activating group) is 1. The Hall–Kier alpha value is -1.00. The Morgan fingerprint density at radius 2 is 1.73 bits per heavy atom. The van der Waals surface area contributed by atoms with Gasteiger partial charge in [0.2, 0.25) is 0 Å². The number of rotatable bonds is 8. The lowest BCUT2D eigenvalue weighted by Crippen LogP contribution is -2.15. The molecule has 0 fully saturated rings. The fourth-order valence-corrected chi connectivity index (χ4v) is 3.36. The molecule has 0 atom stereocenters. The lowest BCUT2D eigenvalue weighted by atomic mass is 10.1. The molecule has 0 saturated carbocycles. The van der Waals surface area contributed by atoms with Gasteiger partial charge >= 0.3 is 0 Å². The normalized spacial score (nSPS) is 10.9. The largest absolute Gasteiger partial charge is 0.392 e. The van der Waals surface area contributed by atoms with Gasteiger partial charge in [-0.05, 0) is 48.3 Å². The number of hydrogen-bond donors (Lipinski definition) is 2. The second kappa shape index (κ2) is 9.21. The minimum Gasteiger partial charge on any atom is -0.392 e. The molecule has 0 saturated heterocycles. The number of halogens is 1. The van der Waals surface area contributed by atoms with Crippen molar-refractivity contribution in [3.63, 3.8) is 0 Å². The molecule has 22 heavy (non-hydrogen) atoms. The average molecular weight is 336 g/mol. The van der Waals surface area contributed by atoms with Crippen LogP contribution in [0.1, 0.15) is 23.6 Å². The third kappa shape index (κ3) is 5.33. The second-order valence-corrected chi connectivity index (χ2v) is 6.56. The van der Waals surface area contributed by atoms with Crippen LogP contribution in [0.2, 0.25) is 5.02 Å². The van der Waals surface area contributed by atoms with Gasteiger partial charge in [0.1, 0.15) is 0 Å². The van der Waals surface area contributed by atoms with Crippen LogP contribution in [0, 0.1) is 0 Å².